The van der Waals surface area contributed by atoms with Crippen LogP contribution in [0, 0.1) is 5.92 Å². The van der Waals surface area contributed by atoms with Crippen molar-refractivity contribution < 1.29 is 18.3 Å². The van der Waals surface area contributed by atoms with Gasteiger partial charge in [-0.1, -0.05) is 37.3 Å². The van der Waals surface area contributed by atoms with Gasteiger partial charge < -0.3 is 5.11 Å². The standard InChI is InChI=1S/C20H23F3N4OS/c1-3-15-24-19-27(25-15)18(28)17(29-19)16(26-10-4-5-12(2)11-26)13-6-8-14(9-7-13)20(21,22)23/h6-9,12,16,28H,3-5,10-11H2,1-2H3/t12-,16+/m0/s1. The number of piperidine rings is 1. The van der Waals surface area contributed by atoms with Crippen molar-refractivity contribution in [1.82, 2.24) is 19.5 Å². The van der Waals surface area contributed by atoms with Crippen molar-refractivity contribution >= 4 is 16.3 Å². The van der Waals surface area contributed by atoms with Crippen molar-refractivity contribution in [3.8, 4) is 5.88 Å². The molecule has 0 unspecified atom stereocenters. The van der Waals surface area contributed by atoms with E-state index in [0.29, 0.717) is 28.0 Å². The first kappa shape index (κ1) is 20.2. The van der Waals surface area contributed by atoms with Crippen LogP contribution >= 0.6 is 11.3 Å². The number of hydrogen-bond donors (Lipinski definition) is 1. The third-order valence-corrected chi connectivity index (χ3v) is 6.49. The Hall–Kier alpha value is -2.13. The van der Waals surface area contributed by atoms with Crippen LogP contribution in [0.15, 0.2) is 24.3 Å². The molecule has 156 valence electrons. The van der Waals surface area contributed by atoms with Crippen LogP contribution in [0.3, 0.4) is 0 Å². The second-order valence-electron chi connectivity index (χ2n) is 7.63. The Bertz CT molecular complexity index is 996. The highest BCUT2D eigenvalue weighted by Gasteiger charge is 2.34. The first-order chi connectivity index (χ1) is 13.8. The van der Waals surface area contributed by atoms with Gasteiger partial charge in [-0.15, -0.1) is 5.10 Å². The van der Waals surface area contributed by atoms with Gasteiger partial charge in [0.25, 0.3) is 0 Å². The highest BCUT2D eigenvalue weighted by Crippen LogP contribution is 2.42. The average molecular weight is 424 g/mol. The van der Waals surface area contributed by atoms with Crippen molar-refractivity contribution in [3.05, 3.63) is 46.1 Å². The second kappa shape index (κ2) is 7.60. The molecule has 0 aliphatic carbocycles. The number of aromatic hydroxyl groups is 1. The van der Waals surface area contributed by atoms with Crippen LogP contribution < -0.4 is 0 Å². The quantitative estimate of drug-likeness (QED) is 0.647. The Kier molecular flexibility index (Phi) is 5.29. The van der Waals surface area contributed by atoms with E-state index in [1.165, 1.54) is 28.0 Å². The average Bonchev–Trinajstić information content (AvgIpc) is 3.21. The molecule has 3 heterocycles. The van der Waals surface area contributed by atoms with E-state index in [0.717, 1.165) is 43.6 Å². The molecule has 1 aliphatic heterocycles. The molecular formula is C20H23F3N4OS. The molecule has 1 N–H and O–H groups in total. The lowest BCUT2D eigenvalue weighted by Gasteiger charge is -2.37. The Morgan fingerprint density at radius 2 is 2.00 bits per heavy atom. The van der Waals surface area contributed by atoms with Gasteiger partial charge in [-0.05, 0) is 43.0 Å². The van der Waals surface area contributed by atoms with E-state index in [1.54, 1.807) is 0 Å². The lowest BCUT2D eigenvalue weighted by molar-refractivity contribution is -0.137. The summed E-state index contributed by atoms with van der Waals surface area (Å²) in [6.07, 6.45) is -1.58. The molecule has 0 amide bonds. The Balaban J connectivity index is 1.78. The van der Waals surface area contributed by atoms with Crippen LogP contribution in [0.25, 0.3) is 4.96 Å². The van der Waals surface area contributed by atoms with Gasteiger partial charge in [-0.3, -0.25) is 4.90 Å². The largest absolute Gasteiger partial charge is 0.492 e. The molecule has 0 spiro atoms. The lowest BCUT2D eigenvalue weighted by atomic mass is 9.95. The van der Waals surface area contributed by atoms with E-state index < -0.39 is 11.7 Å². The summed E-state index contributed by atoms with van der Waals surface area (Å²) in [4.78, 5) is 7.93. The second-order valence-corrected chi connectivity index (χ2v) is 8.64. The summed E-state index contributed by atoms with van der Waals surface area (Å²) in [5, 5.41) is 15.2. The Labute approximate surface area is 170 Å². The highest BCUT2D eigenvalue weighted by atomic mass is 32.1. The van der Waals surface area contributed by atoms with Gasteiger partial charge in [0, 0.05) is 13.0 Å². The number of rotatable bonds is 4. The molecule has 2 atom stereocenters. The number of aryl methyl sites for hydroxylation is 1. The third kappa shape index (κ3) is 3.85. The fraction of sp³-hybridized carbons (Fsp3) is 0.500. The van der Waals surface area contributed by atoms with Gasteiger partial charge in [0.1, 0.15) is 0 Å². The maximum absolute atomic E-state index is 13.0. The normalized spacial score (nSPS) is 19.7. The molecule has 1 aromatic carbocycles. The van der Waals surface area contributed by atoms with Crippen molar-refractivity contribution in [1.29, 1.82) is 0 Å². The number of alkyl halides is 3. The topological polar surface area (TPSA) is 53.7 Å². The van der Waals surface area contributed by atoms with Crippen molar-refractivity contribution in [2.24, 2.45) is 5.92 Å². The molecule has 5 nitrogen and oxygen atoms in total. The molecule has 1 fully saturated rings. The minimum Gasteiger partial charge on any atom is -0.492 e. The summed E-state index contributed by atoms with van der Waals surface area (Å²) in [5.74, 6) is 1.15. The molecule has 9 heteroatoms. The van der Waals surface area contributed by atoms with E-state index in [1.807, 2.05) is 6.92 Å². The Morgan fingerprint density at radius 1 is 1.28 bits per heavy atom. The molecule has 1 aliphatic rings. The fourth-order valence-electron chi connectivity index (χ4n) is 3.96. The maximum atomic E-state index is 13.0. The van der Waals surface area contributed by atoms with E-state index in [2.05, 4.69) is 21.9 Å². The summed E-state index contributed by atoms with van der Waals surface area (Å²) >= 11 is 1.34. The molecule has 4 rings (SSSR count). The zero-order chi connectivity index (χ0) is 20.8. The van der Waals surface area contributed by atoms with Crippen LogP contribution in [0.1, 0.15) is 54.6 Å². The highest BCUT2D eigenvalue weighted by molar-refractivity contribution is 7.17. The zero-order valence-corrected chi connectivity index (χ0v) is 17.1. The summed E-state index contributed by atoms with van der Waals surface area (Å²) in [6.45, 7) is 5.76. The van der Waals surface area contributed by atoms with E-state index in [-0.39, 0.29) is 11.9 Å². The summed E-state index contributed by atoms with van der Waals surface area (Å²) in [5.41, 5.74) is 0.0501. The van der Waals surface area contributed by atoms with E-state index >= 15 is 0 Å². The molecule has 0 bridgehead atoms. The fourth-order valence-corrected chi connectivity index (χ4v) is 5.10. The van der Waals surface area contributed by atoms with Gasteiger partial charge in [0.2, 0.25) is 10.8 Å². The molecule has 0 radical (unpaired) electrons. The summed E-state index contributed by atoms with van der Waals surface area (Å²) in [7, 11) is 0. The number of fused-ring (bicyclic) bond motifs is 1. The number of nitrogens with zero attached hydrogens (tertiary/aromatic N) is 4. The lowest BCUT2D eigenvalue weighted by Crippen LogP contribution is -2.37. The van der Waals surface area contributed by atoms with E-state index in [9.17, 15) is 18.3 Å². The van der Waals surface area contributed by atoms with Crippen LogP contribution in [0.5, 0.6) is 5.88 Å². The first-order valence-corrected chi connectivity index (χ1v) is 10.6. The number of hydrogen-bond acceptors (Lipinski definition) is 5. The van der Waals surface area contributed by atoms with Gasteiger partial charge >= 0.3 is 6.18 Å². The minimum absolute atomic E-state index is 0.0142. The molecule has 2 aromatic heterocycles. The molecule has 1 saturated heterocycles. The number of thiazole rings is 1. The number of benzene rings is 1. The van der Waals surface area contributed by atoms with Gasteiger partial charge in [0.15, 0.2) is 5.82 Å². The SMILES string of the molecule is CCc1nc2sc([C@@H](c3ccc(C(F)(F)F)cc3)N3CCC[C@H](C)C3)c(O)n2n1. The van der Waals surface area contributed by atoms with Crippen molar-refractivity contribution in [3.63, 3.8) is 0 Å². The van der Waals surface area contributed by atoms with Crippen LogP contribution in [0.2, 0.25) is 0 Å². The summed E-state index contributed by atoms with van der Waals surface area (Å²) in [6, 6.07) is 4.91. The third-order valence-electron chi connectivity index (χ3n) is 5.42. The number of aromatic nitrogens is 3. The first-order valence-electron chi connectivity index (χ1n) is 9.76. The van der Waals surface area contributed by atoms with Crippen LogP contribution in [-0.2, 0) is 12.6 Å². The molecular weight excluding hydrogens is 401 g/mol. The monoisotopic (exact) mass is 424 g/mol. The van der Waals surface area contributed by atoms with E-state index in [4.69, 9.17) is 0 Å². The Morgan fingerprint density at radius 3 is 2.59 bits per heavy atom. The van der Waals surface area contributed by atoms with Crippen LogP contribution in [0.4, 0.5) is 13.2 Å². The molecule has 29 heavy (non-hydrogen) atoms. The van der Waals surface area contributed by atoms with Gasteiger partial charge in [-0.2, -0.15) is 17.7 Å². The predicted molar refractivity (Wildman–Crippen MR) is 105 cm³/mol. The maximum Gasteiger partial charge on any atom is 0.416 e. The van der Waals surface area contributed by atoms with Crippen LogP contribution in [-0.4, -0.2) is 37.7 Å². The smallest absolute Gasteiger partial charge is 0.416 e. The predicted octanol–water partition coefficient (Wildman–Crippen LogP) is 4.90. The van der Waals surface area contributed by atoms with Crippen molar-refractivity contribution in [2.45, 2.75) is 45.3 Å². The van der Waals surface area contributed by atoms with Crippen molar-refractivity contribution in [2.75, 3.05) is 13.1 Å². The van der Waals surface area contributed by atoms with Gasteiger partial charge in [-0.25, -0.2) is 4.98 Å². The van der Waals surface area contributed by atoms with Gasteiger partial charge in [0.05, 0.1) is 16.5 Å². The summed E-state index contributed by atoms with van der Waals surface area (Å²) < 4.78 is 40.5. The zero-order valence-electron chi connectivity index (χ0n) is 16.3. The number of halogens is 3. The molecule has 0 saturated carbocycles. The molecule has 3 aromatic rings. The minimum atomic E-state index is -4.38. The number of likely N-dealkylation sites (tertiary alicyclic amines) is 1.